The van der Waals surface area contributed by atoms with Crippen LogP contribution in [-0.2, 0) is 5.75 Å². The van der Waals surface area contributed by atoms with Crippen LogP contribution >= 0.6 is 23.4 Å². The van der Waals surface area contributed by atoms with Gasteiger partial charge in [-0.2, -0.15) is 9.50 Å². The first-order chi connectivity index (χ1) is 11.0. The summed E-state index contributed by atoms with van der Waals surface area (Å²) < 4.78 is 1.62. The van der Waals surface area contributed by atoms with Crippen molar-refractivity contribution in [2.45, 2.75) is 31.7 Å². The number of rotatable bonds is 4. The number of thioether (sulfide) groups is 1. The molecule has 2 aromatic heterocycles. The van der Waals surface area contributed by atoms with Gasteiger partial charge in [-0.1, -0.05) is 41.6 Å². The van der Waals surface area contributed by atoms with Crippen LogP contribution in [0.25, 0.3) is 5.78 Å². The number of halogens is 1. The third kappa shape index (κ3) is 3.09. The minimum atomic E-state index is -0.0184. The summed E-state index contributed by atoms with van der Waals surface area (Å²) in [6.45, 7) is 5.21. The van der Waals surface area contributed by atoms with Crippen molar-refractivity contribution in [1.82, 2.24) is 19.6 Å². The maximum atomic E-state index is 11.8. The summed E-state index contributed by atoms with van der Waals surface area (Å²) in [6.07, 6.45) is 0. The molecule has 0 amide bonds. The minimum Gasteiger partial charge on any atom is -0.294 e. The van der Waals surface area contributed by atoms with Gasteiger partial charge in [-0.05, 0) is 32.4 Å². The summed E-state index contributed by atoms with van der Waals surface area (Å²) in [5.74, 6) is 1.16. The van der Waals surface area contributed by atoms with E-state index >= 15 is 0 Å². The van der Waals surface area contributed by atoms with Crippen LogP contribution in [0, 0.1) is 13.8 Å². The zero-order valence-corrected chi connectivity index (χ0v) is 14.6. The van der Waals surface area contributed by atoms with Crippen LogP contribution < -0.4 is 0 Å². The van der Waals surface area contributed by atoms with E-state index in [1.165, 1.54) is 18.7 Å². The van der Waals surface area contributed by atoms with Gasteiger partial charge in [-0.15, -0.1) is 5.10 Å². The zero-order valence-electron chi connectivity index (χ0n) is 13.0. The highest BCUT2D eigenvalue weighted by Gasteiger charge is 2.16. The van der Waals surface area contributed by atoms with Gasteiger partial charge < -0.3 is 0 Å². The van der Waals surface area contributed by atoms with E-state index in [1.54, 1.807) is 4.52 Å². The van der Waals surface area contributed by atoms with Gasteiger partial charge in [0, 0.05) is 10.8 Å². The Morgan fingerprint density at radius 3 is 2.70 bits per heavy atom. The summed E-state index contributed by atoms with van der Waals surface area (Å²) >= 11 is 7.65. The van der Waals surface area contributed by atoms with Crippen LogP contribution in [0.1, 0.15) is 34.2 Å². The first kappa shape index (κ1) is 16.0. The van der Waals surface area contributed by atoms with E-state index in [1.807, 2.05) is 38.1 Å². The molecular weight excluding hydrogens is 332 g/mol. The average molecular weight is 347 g/mol. The van der Waals surface area contributed by atoms with E-state index in [2.05, 4.69) is 15.1 Å². The van der Waals surface area contributed by atoms with Crippen LogP contribution in [0.15, 0.2) is 29.4 Å². The topological polar surface area (TPSA) is 60.2 Å². The number of benzene rings is 1. The number of Topliss-reactive ketones (excluding diaryl/α,β-unsaturated/α-hetero) is 1. The number of carbonyl (C=O) groups excluding carboxylic acids is 1. The molecule has 0 fully saturated rings. The Morgan fingerprint density at radius 1 is 1.26 bits per heavy atom. The summed E-state index contributed by atoms with van der Waals surface area (Å²) in [7, 11) is 0. The number of nitrogens with zero attached hydrogens (tertiary/aromatic N) is 4. The highest BCUT2D eigenvalue weighted by molar-refractivity contribution is 7.98. The molecule has 2 heterocycles. The maximum absolute atomic E-state index is 11.8. The maximum Gasteiger partial charge on any atom is 0.253 e. The monoisotopic (exact) mass is 346 g/mol. The molecule has 7 heteroatoms. The van der Waals surface area contributed by atoms with E-state index in [9.17, 15) is 4.79 Å². The number of aromatic nitrogens is 4. The molecule has 3 rings (SSSR count). The molecule has 0 unspecified atom stereocenters. The molecule has 0 aliphatic rings. The number of carbonyl (C=O) groups is 1. The smallest absolute Gasteiger partial charge is 0.253 e. The molecule has 3 aromatic rings. The Balaban J connectivity index is 1.93. The van der Waals surface area contributed by atoms with Crippen molar-refractivity contribution >= 4 is 34.9 Å². The van der Waals surface area contributed by atoms with Crippen molar-refractivity contribution in [3.63, 3.8) is 0 Å². The number of hydrogen-bond acceptors (Lipinski definition) is 5. The van der Waals surface area contributed by atoms with Gasteiger partial charge in [0.25, 0.3) is 5.78 Å². The lowest BCUT2D eigenvalue weighted by atomic mass is 10.1. The molecule has 5 nitrogen and oxygen atoms in total. The molecule has 0 atom stereocenters. The van der Waals surface area contributed by atoms with Gasteiger partial charge in [0.05, 0.1) is 17.0 Å². The first-order valence-corrected chi connectivity index (χ1v) is 8.45. The minimum absolute atomic E-state index is 0.0184. The van der Waals surface area contributed by atoms with Crippen LogP contribution in [-0.4, -0.2) is 25.4 Å². The summed E-state index contributed by atoms with van der Waals surface area (Å²) in [6, 6.07) is 7.70. The van der Waals surface area contributed by atoms with E-state index < -0.39 is 0 Å². The van der Waals surface area contributed by atoms with E-state index in [0.29, 0.717) is 27.9 Å². The highest BCUT2D eigenvalue weighted by atomic mass is 35.5. The molecule has 0 aliphatic carbocycles. The Labute approximate surface area is 143 Å². The molecule has 0 spiro atoms. The lowest BCUT2D eigenvalue weighted by Crippen LogP contribution is -2.09. The van der Waals surface area contributed by atoms with Crippen molar-refractivity contribution in [2.24, 2.45) is 0 Å². The molecule has 0 bridgehead atoms. The fraction of sp³-hybridized carbons (Fsp3) is 0.250. The molecule has 118 valence electrons. The van der Waals surface area contributed by atoms with Gasteiger partial charge in [-0.3, -0.25) is 4.79 Å². The van der Waals surface area contributed by atoms with E-state index in [0.717, 1.165) is 16.3 Å². The fourth-order valence-electron chi connectivity index (χ4n) is 2.48. The second-order valence-corrected chi connectivity index (χ2v) is 6.55. The SMILES string of the molecule is CC(=O)c1c(C)nc2nc(SCc3ccccc3Cl)nn2c1C. The van der Waals surface area contributed by atoms with Crippen LogP contribution in [0.5, 0.6) is 0 Å². The normalized spacial score (nSPS) is 11.1. The molecule has 0 N–H and O–H groups in total. The summed E-state index contributed by atoms with van der Waals surface area (Å²) in [5.41, 5.74) is 3.07. The number of hydrogen-bond donors (Lipinski definition) is 0. The quantitative estimate of drug-likeness (QED) is 0.530. The van der Waals surface area contributed by atoms with Gasteiger partial charge in [0.2, 0.25) is 5.16 Å². The fourth-order valence-corrected chi connectivity index (χ4v) is 3.59. The Morgan fingerprint density at radius 2 is 2.00 bits per heavy atom. The predicted molar refractivity (Wildman–Crippen MR) is 91.3 cm³/mol. The average Bonchev–Trinajstić information content (AvgIpc) is 2.89. The van der Waals surface area contributed by atoms with Crippen molar-refractivity contribution in [1.29, 1.82) is 0 Å². The third-order valence-corrected chi connectivity index (χ3v) is 4.80. The number of ketones is 1. The van der Waals surface area contributed by atoms with Crippen LogP contribution in [0.2, 0.25) is 5.02 Å². The lowest BCUT2D eigenvalue weighted by Gasteiger charge is -2.06. The van der Waals surface area contributed by atoms with Gasteiger partial charge >= 0.3 is 0 Å². The van der Waals surface area contributed by atoms with Crippen molar-refractivity contribution in [2.75, 3.05) is 0 Å². The largest absolute Gasteiger partial charge is 0.294 e. The summed E-state index contributed by atoms with van der Waals surface area (Å²) in [4.78, 5) is 20.6. The summed E-state index contributed by atoms with van der Waals surface area (Å²) in [5, 5.41) is 5.79. The van der Waals surface area contributed by atoms with Gasteiger partial charge in [0.1, 0.15) is 0 Å². The predicted octanol–water partition coefficient (Wildman–Crippen LogP) is 3.89. The molecule has 0 saturated heterocycles. The molecule has 0 saturated carbocycles. The van der Waals surface area contributed by atoms with Gasteiger partial charge in [0.15, 0.2) is 5.78 Å². The van der Waals surface area contributed by atoms with Gasteiger partial charge in [-0.25, -0.2) is 4.98 Å². The Hall–Kier alpha value is -1.92. The zero-order chi connectivity index (χ0) is 16.6. The molecule has 1 aromatic carbocycles. The Bertz CT molecular complexity index is 906. The number of fused-ring (bicyclic) bond motifs is 1. The Kier molecular flexibility index (Phi) is 4.37. The molecule has 0 radical (unpaired) electrons. The van der Waals surface area contributed by atoms with E-state index in [-0.39, 0.29) is 5.78 Å². The number of aryl methyl sites for hydroxylation is 2. The third-order valence-electron chi connectivity index (χ3n) is 3.55. The molecule has 23 heavy (non-hydrogen) atoms. The second-order valence-electron chi connectivity index (χ2n) is 5.20. The standard InChI is InChI=1S/C16H15ClN4OS/c1-9-14(11(3)22)10(2)21-15(18-9)19-16(20-21)23-8-12-6-4-5-7-13(12)17/h4-7H,8H2,1-3H3. The highest BCUT2D eigenvalue weighted by Crippen LogP contribution is 2.25. The molecular formula is C16H15ClN4OS. The molecule has 0 aliphatic heterocycles. The van der Waals surface area contributed by atoms with Crippen LogP contribution in [0.3, 0.4) is 0 Å². The van der Waals surface area contributed by atoms with Crippen LogP contribution in [0.4, 0.5) is 0 Å². The van der Waals surface area contributed by atoms with Crippen molar-refractivity contribution < 1.29 is 4.79 Å². The second kappa shape index (κ2) is 6.29. The first-order valence-electron chi connectivity index (χ1n) is 7.08. The van der Waals surface area contributed by atoms with E-state index in [4.69, 9.17) is 11.6 Å². The van der Waals surface area contributed by atoms with Crippen molar-refractivity contribution in [3.05, 3.63) is 51.8 Å². The van der Waals surface area contributed by atoms with Crippen molar-refractivity contribution in [3.8, 4) is 0 Å². The lowest BCUT2D eigenvalue weighted by molar-refractivity contribution is 0.101.